The number of aromatic nitrogens is 1. The lowest BCUT2D eigenvalue weighted by molar-refractivity contribution is 0.0949. The van der Waals surface area contributed by atoms with Crippen LogP contribution in [-0.4, -0.2) is 10.9 Å². The van der Waals surface area contributed by atoms with E-state index in [1.165, 1.54) is 0 Å². The summed E-state index contributed by atoms with van der Waals surface area (Å²) in [5.41, 5.74) is 2.70. The normalized spacial score (nSPS) is 10.4. The SMILES string of the molecule is CCCc1cc(C(=O)NCc2ccccc2)c(=O)[nH]c1C. The molecule has 0 aliphatic rings. The first kappa shape index (κ1) is 15.0. The largest absolute Gasteiger partial charge is 0.348 e. The van der Waals surface area contributed by atoms with E-state index in [9.17, 15) is 9.59 Å². The molecule has 0 fully saturated rings. The van der Waals surface area contributed by atoms with Crippen molar-refractivity contribution in [3.8, 4) is 0 Å². The molecule has 2 N–H and O–H groups in total. The van der Waals surface area contributed by atoms with Gasteiger partial charge in [0.05, 0.1) is 0 Å². The number of carbonyl (C=O) groups is 1. The molecule has 0 atom stereocenters. The molecule has 1 aromatic heterocycles. The fourth-order valence-electron chi connectivity index (χ4n) is 2.24. The summed E-state index contributed by atoms with van der Waals surface area (Å²) >= 11 is 0. The summed E-state index contributed by atoms with van der Waals surface area (Å²) in [7, 11) is 0. The molecule has 1 aromatic carbocycles. The topological polar surface area (TPSA) is 62.0 Å². The lowest BCUT2D eigenvalue weighted by Gasteiger charge is -2.08. The number of pyridine rings is 1. The van der Waals surface area contributed by atoms with E-state index >= 15 is 0 Å². The molecule has 0 saturated heterocycles. The summed E-state index contributed by atoms with van der Waals surface area (Å²) in [5, 5.41) is 2.79. The zero-order valence-electron chi connectivity index (χ0n) is 12.4. The Morgan fingerprint density at radius 1 is 1.24 bits per heavy atom. The maximum Gasteiger partial charge on any atom is 0.261 e. The van der Waals surface area contributed by atoms with Gasteiger partial charge in [-0.25, -0.2) is 0 Å². The quantitative estimate of drug-likeness (QED) is 0.886. The fraction of sp³-hybridized carbons (Fsp3) is 0.294. The fourth-order valence-corrected chi connectivity index (χ4v) is 2.24. The smallest absolute Gasteiger partial charge is 0.261 e. The van der Waals surface area contributed by atoms with Gasteiger partial charge in [-0.15, -0.1) is 0 Å². The van der Waals surface area contributed by atoms with Crippen molar-refractivity contribution in [1.29, 1.82) is 0 Å². The minimum atomic E-state index is -0.336. The van der Waals surface area contributed by atoms with Gasteiger partial charge in [0.1, 0.15) is 5.56 Å². The Bertz CT molecular complexity index is 675. The van der Waals surface area contributed by atoms with Gasteiger partial charge in [-0.1, -0.05) is 43.7 Å². The highest BCUT2D eigenvalue weighted by atomic mass is 16.2. The second-order valence-corrected chi connectivity index (χ2v) is 5.08. The van der Waals surface area contributed by atoms with Crippen LogP contribution in [0.1, 0.15) is 40.5 Å². The van der Waals surface area contributed by atoms with Crippen molar-refractivity contribution in [3.05, 3.63) is 69.1 Å². The molecular weight excluding hydrogens is 264 g/mol. The zero-order valence-corrected chi connectivity index (χ0v) is 12.4. The molecule has 0 saturated carbocycles. The van der Waals surface area contributed by atoms with E-state index in [0.29, 0.717) is 6.54 Å². The average Bonchev–Trinajstić information content (AvgIpc) is 2.49. The number of nitrogens with one attached hydrogen (secondary N) is 2. The number of hydrogen-bond acceptors (Lipinski definition) is 2. The molecule has 110 valence electrons. The molecule has 0 aliphatic carbocycles. The van der Waals surface area contributed by atoms with Crippen molar-refractivity contribution >= 4 is 5.91 Å². The molecule has 1 heterocycles. The number of rotatable bonds is 5. The second kappa shape index (κ2) is 6.88. The lowest BCUT2D eigenvalue weighted by atomic mass is 10.1. The van der Waals surface area contributed by atoms with Crippen molar-refractivity contribution in [2.24, 2.45) is 0 Å². The van der Waals surface area contributed by atoms with Crippen LogP contribution in [0.2, 0.25) is 0 Å². The average molecular weight is 284 g/mol. The highest BCUT2D eigenvalue weighted by molar-refractivity contribution is 5.94. The predicted molar refractivity (Wildman–Crippen MR) is 83.4 cm³/mol. The highest BCUT2D eigenvalue weighted by Gasteiger charge is 2.12. The van der Waals surface area contributed by atoms with Crippen LogP contribution in [0.4, 0.5) is 0 Å². The highest BCUT2D eigenvalue weighted by Crippen LogP contribution is 2.08. The van der Waals surface area contributed by atoms with Gasteiger partial charge in [0.15, 0.2) is 0 Å². The van der Waals surface area contributed by atoms with Crippen molar-refractivity contribution in [2.45, 2.75) is 33.2 Å². The Labute approximate surface area is 124 Å². The number of H-pyrrole nitrogens is 1. The molecule has 2 rings (SSSR count). The van der Waals surface area contributed by atoms with Crippen LogP contribution >= 0.6 is 0 Å². The van der Waals surface area contributed by atoms with E-state index < -0.39 is 0 Å². The van der Waals surface area contributed by atoms with E-state index in [0.717, 1.165) is 29.7 Å². The van der Waals surface area contributed by atoms with Gasteiger partial charge >= 0.3 is 0 Å². The van der Waals surface area contributed by atoms with Crippen molar-refractivity contribution in [2.75, 3.05) is 0 Å². The summed E-state index contributed by atoms with van der Waals surface area (Å²) in [5.74, 6) is -0.336. The van der Waals surface area contributed by atoms with Crippen LogP contribution < -0.4 is 10.9 Å². The van der Waals surface area contributed by atoms with Crippen LogP contribution in [0, 0.1) is 6.92 Å². The van der Waals surface area contributed by atoms with Gasteiger partial charge in [-0.05, 0) is 30.5 Å². The van der Waals surface area contributed by atoms with Gasteiger partial charge < -0.3 is 10.3 Å². The first-order valence-corrected chi connectivity index (χ1v) is 7.16. The molecule has 0 spiro atoms. The Morgan fingerprint density at radius 3 is 2.62 bits per heavy atom. The number of carbonyl (C=O) groups excluding carboxylic acids is 1. The van der Waals surface area contributed by atoms with E-state index in [4.69, 9.17) is 0 Å². The van der Waals surface area contributed by atoms with Crippen LogP contribution in [0.15, 0.2) is 41.2 Å². The van der Waals surface area contributed by atoms with Gasteiger partial charge in [0, 0.05) is 12.2 Å². The Morgan fingerprint density at radius 2 is 1.95 bits per heavy atom. The zero-order chi connectivity index (χ0) is 15.2. The lowest BCUT2D eigenvalue weighted by Crippen LogP contribution is -2.30. The molecule has 1 amide bonds. The molecule has 2 aromatic rings. The monoisotopic (exact) mass is 284 g/mol. The van der Waals surface area contributed by atoms with Gasteiger partial charge in [0.25, 0.3) is 11.5 Å². The van der Waals surface area contributed by atoms with Crippen LogP contribution in [-0.2, 0) is 13.0 Å². The van der Waals surface area contributed by atoms with E-state index in [-0.39, 0.29) is 17.0 Å². The minimum Gasteiger partial charge on any atom is -0.348 e. The van der Waals surface area contributed by atoms with Gasteiger partial charge in [0.2, 0.25) is 0 Å². The molecule has 0 aliphatic heterocycles. The molecule has 4 nitrogen and oxygen atoms in total. The van der Waals surface area contributed by atoms with Crippen LogP contribution in [0.3, 0.4) is 0 Å². The number of benzene rings is 1. The van der Waals surface area contributed by atoms with Crippen molar-refractivity contribution < 1.29 is 4.79 Å². The summed E-state index contributed by atoms with van der Waals surface area (Å²) < 4.78 is 0. The Kier molecular flexibility index (Phi) is 4.93. The standard InChI is InChI=1S/C17H20N2O2/c1-3-7-14-10-15(17(21)19-12(14)2)16(20)18-11-13-8-5-4-6-9-13/h4-6,8-10H,3,7,11H2,1-2H3,(H,18,20)(H,19,21). The second-order valence-electron chi connectivity index (χ2n) is 5.08. The van der Waals surface area contributed by atoms with E-state index in [1.54, 1.807) is 6.07 Å². The third kappa shape index (κ3) is 3.81. The maximum absolute atomic E-state index is 12.2. The van der Waals surface area contributed by atoms with Gasteiger partial charge in [-0.3, -0.25) is 9.59 Å². The Hall–Kier alpha value is -2.36. The molecule has 0 radical (unpaired) electrons. The summed E-state index contributed by atoms with van der Waals surface area (Å²) in [4.78, 5) is 26.9. The summed E-state index contributed by atoms with van der Waals surface area (Å²) in [6.07, 6.45) is 1.82. The number of amides is 1. The van der Waals surface area contributed by atoms with E-state index in [1.807, 2.05) is 37.3 Å². The van der Waals surface area contributed by atoms with E-state index in [2.05, 4.69) is 17.2 Å². The molecular formula is C17H20N2O2. The molecule has 4 heteroatoms. The minimum absolute atomic E-state index is 0.181. The number of aryl methyl sites for hydroxylation is 2. The summed E-state index contributed by atoms with van der Waals surface area (Å²) in [6.45, 7) is 4.34. The van der Waals surface area contributed by atoms with Crippen LogP contribution in [0.5, 0.6) is 0 Å². The van der Waals surface area contributed by atoms with Crippen LogP contribution in [0.25, 0.3) is 0 Å². The number of hydrogen-bond donors (Lipinski definition) is 2. The first-order chi connectivity index (χ1) is 10.1. The number of aromatic amines is 1. The Balaban J connectivity index is 2.15. The molecule has 0 bridgehead atoms. The summed E-state index contributed by atoms with van der Waals surface area (Å²) in [6, 6.07) is 11.3. The predicted octanol–water partition coefficient (Wildman–Crippen LogP) is 2.57. The maximum atomic E-state index is 12.2. The molecule has 21 heavy (non-hydrogen) atoms. The van der Waals surface area contributed by atoms with Crippen molar-refractivity contribution in [1.82, 2.24) is 10.3 Å². The van der Waals surface area contributed by atoms with Crippen molar-refractivity contribution in [3.63, 3.8) is 0 Å². The van der Waals surface area contributed by atoms with Gasteiger partial charge in [-0.2, -0.15) is 0 Å². The third-order valence-corrected chi connectivity index (χ3v) is 3.41. The molecule has 0 unspecified atom stereocenters. The third-order valence-electron chi connectivity index (χ3n) is 3.41. The first-order valence-electron chi connectivity index (χ1n) is 7.16.